The average molecular weight is 179 g/mol. The fourth-order valence-corrected chi connectivity index (χ4v) is 1.08. The van der Waals surface area contributed by atoms with Crippen LogP contribution in [0.25, 0.3) is 0 Å². The monoisotopic (exact) mass is 179 g/mol. The number of nitrogens with one attached hydrogen (secondary N) is 1. The quantitative estimate of drug-likeness (QED) is 0.548. The number of hydrogen-bond donors (Lipinski definition) is 1. The summed E-state index contributed by atoms with van der Waals surface area (Å²) in [6, 6.07) is 2.02. The summed E-state index contributed by atoms with van der Waals surface area (Å²) in [7, 11) is 1.93. The summed E-state index contributed by atoms with van der Waals surface area (Å²) in [5, 5.41) is 7.57. The molecule has 0 saturated carbocycles. The van der Waals surface area contributed by atoms with E-state index in [9.17, 15) is 0 Å². The molecule has 0 aliphatic carbocycles. The van der Waals surface area contributed by atoms with Crippen molar-refractivity contribution < 1.29 is 0 Å². The van der Waals surface area contributed by atoms with Gasteiger partial charge in [-0.1, -0.05) is 5.57 Å². The number of hydrogen-bond acceptors (Lipinski definition) is 2. The maximum Gasteiger partial charge on any atom is 0.0762 e. The third-order valence-electron chi connectivity index (χ3n) is 1.80. The Labute approximate surface area is 79.5 Å². The zero-order valence-electron chi connectivity index (χ0n) is 8.38. The number of aromatic nitrogens is 2. The predicted molar refractivity (Wildman–Crippen MR) is 54.3 cm³/mol. The third-order valence-corrected chi connectivity index (χ3v) is 1.80. The number of nitrogens with zero attached hydrogens (tertiary/aromatic N) is 2. The van der Waals surface area contributed by atoms with E-state index in [1.165, 1.54) is 5.57 Å². The molecule has 0 aliphatic heterocycles. The minimum Gasteiger partial charge on any atom is -0.311 e. The highest BCUT2D eigenvalue weighted by Gasteiger charge is 1.95. The second-order valence-electron chi connectivity index (χ2n) is 3.36. The van der Waals surface area contributed by atoms with E-state index < -0.39 is 0 Å². The van der Waals surface area contributed by atoms with Crippen LogP contribution >= 0.6 is 0 Å². The van der Waals surface area contributed by atoms with Crippen molar-refractivity contribution in [2.45, 2.75) is 19.9 Å². The lowest BCUT2D eigenvalue weighted by atomic mass is 10.2. The van der Waals surface area contributed by atoms with Crippen LogP contribution in [0.4, 0.5) is 0 Å². The van der Waals surface area contributed by atoms with Gasteiger partial charge >= 0.3 is 0 Å². The van der Waals surface area contributed by atoms with E-state index >= 15 is 0 Å². The van der Waals surface area contributed by atoms with Gasteiger partial charge in [-0.3, -0.25) is 4.68 Å². The molecule has 0 aromatic carbocycles. The van der Waals surface area contributed by atoms with Gasteiger partial charge in [0.1, 0.15) is 0 Å². The Balaban J connectivity index is 2.16. The summed E-state index contributed by atoms with van der Waals surface area (Å²) in [6.07, 6.45) is 2.99. The van der Waals surface area contributed by atoms with Gasteiger partial charge in [-0.25, -0.2) is 0 Å². The molecule has 0 fully saturated rings. The van der Waals surface area contributed by atoms with Crippen molar-refractivity contribution in [1.29, 1.82) is 0 Å². The van der Waals surface area contributed by atoms with Crippen molar-refractivity contribution >= 4 is 0 Å². The van der Waals surface area contributed by atoms with Gasteiger partial charge in [0.15, 0.2) is 0 Å². The molecule has 13 heavy (non-hydrogen) atoms. The molecular weight excluding hydrogens is 162 g/mol. The maximum atomic E-state index is 4.26. The Kier molecular flexibility index (Phi) is 3.71. The highest BCUT2D eigenvalue weighted by atomic mass is 15.3. The van der Waals surface area contributed by atoms with Crippen LogP contribution in [0.1, 0.15) is 19.0 Å². The fraction of sp³-hybridized carbons (Fsp3) is 0.500. The predicted octanol–water partition coefficient (Wildman–Crippen LogP) is 1.48. The molecule has 1 heterocycles. The first-order valence-electron chi connectivity index (χ1n) is 4.52. The zero-order valence-corrected chi connectivity index (χ0v) is 8.38. The van der Waals surface area contributed by atoms with E-state index in [-0.39, 0.29) is 0 Å². The van der Waals surface area contributed by atoms with Gasteiger partial charge in [0, 0.05) is 19.8 Å². The van der Waals surface area contributed by atoms with Crippen LogP contribution in [0.2, 0.25) is 0 Å². The molecule has 72 valence electrons. The lowest BCUT2D eigenvalue weighted by Gasteiger charge is -2.01. The fourth-order valence-electron chi connectivity index (χ4n) is 1.08. The Hall–Kier alpha value is -1.09. The normalized spacial score (nSPS) is 10.3. The second-order valence-corrected chi connectivity index (χ2v) is 3.36. The molecular formula is C10H17N3. The van der Waals surface area contributed by atoms with Gasteiger partial charge in [-0.15, -0.1) is 6.58 Å². The Bertz CT molecular complexity index is 275. The van der Waals surface area contributed by atoms with Crippen LogP contribution in [0.5, 0.6) is 0 Å². The van der Waals surface area contributed by atoms with Gasteiger partial charge in [-0.05, 0) is 26.0 Å². The minimum absolute atomic E-state index is 0.841. The van der Waals surface area contributed by atoms with E-state index in [2.05, 4.69) is 17.0 Å². The summed E-state index contributed by atoms with van der Waals surface area (Å²) in [5.41, 5.74) is 2.30. The van der Waals surface area contributed by atoms with Crippen molar-refractivity contribution in [1.82, 2.24) is 15.1 Å². The Morgan fingerprint density at radius 3 is 3.00 bits per heavy atom. The molecule has 1 aromatic heterocycles. The van der Waals surface area contributed by atoms with E-state index in [1.54, 1.807) is 0 Å². The molecule has 0 aliphatic rings. The maximum absolute atomic E-state index is 4.26. The van der Waals surface area contributed by atoms with Gasteiger partial charge in [0.2, 0.25) is 0 Å². The molecule has 0 unspecified atom stereocenters. The molecule has 3 heteroatoms. The lowest BCUT2D eigenvalue weighted by Crippen LogP contribution is -2.15. The van der Waals surface area contributed by atoms with Crippen LogP contribution in [0.3, 0.4) is 0 Å². The van der Waals surface area contributed by atoms with E-state index in [1.807, 2.05) is 30.9 Å². The largest absolute Gasteiger partial charge is 0.311 e. The first kappa shape index (κ1) is 9.99. The smallest absolute Gasteiger partial charge is 0.0762 e. The van der Waals surface area contributed by atoms with Gasteiger partial charge in [-0.2, -0.15) is 5.10 Å². The molecule has 0 spiro atoms. The first-order chi connectivity index (χ1) is 6.18. The van der Waals surface area contributed by atoms with Crippen LogP contribution < -0.4 is 5.32 Å². The SMILES string of the molecule is C=C(C)CCNCc1ccn(C)n1. The molecule has 1 rings (SSSR count). The molecule has 1 N–H and O–H groups in total. The molecule has 3 nitrogen and oxygen atoms in total. The number of rotatable bonds is 5. The summed E-state index contributed by atoms with van der Waals surface area (Å²) >= 11 is 0. The summed E-state index contributed by atoms with van der Waals surface area (Å²) in [5.74, 6) is 0. The standard InChI is InChI=1S/C10H17N3/c1-9(2)4-6-11-8-10-5-7-13(3)12-10/h5,7,11H,1,4,6,8H2,2-3H3. The zero-order chi connectivity index (χ0) is 9.68. The summed E-state index contributed by atoms with van der Waals surface area (Å²) in [6.45, 7) is 7.71. The summed E-state index contributed by atoms with van der Waals surface area (Å²) < 4.78 is 1.82. The molecule has 0 bridgehead atoms. The van der Waals surface area contributed by atoms with Crippen LogP contribution in [-0.2, 0) is 13.6 Å². The molecule has 0 amide bonds. The van der Waals surface area contributed by atoms with Gasteiger partial charge in [0.05, 0.1) is 5.69 Å². The van der Waals surface area contributed by atoms with Crippen molar-refractivity contribution in [3.8, 4) is 0 Å². The highest BCUT2D eigenvalue weighted by Crippen LogP contribution is 1.95. The lowest BCUT2D eigenvalue weighted by molar-refractivity contribution is 0.653. The van der Waals surface area contributed by atoms with E-state index in [0.29, 0.717) is 0 Å². The Morgan fingerprint density at radius 2 is 2.46 bits per heavy atom. The van der Waals surface area contributed by atoms with Crippen molar-refractivity contribution in [3.63, 3.8) is 0 Å². The van der Waals surface area contributed by atoms with E-state index in [0.717, 1.165) is 25.2 Å². The number of aryl methyl sites for hydroxylation is 1. The van der Waals surface area contributed by atoms with Crippen LogP contribution in [-0.4, -0.2) is 16.3 Å². The highest BCUT2D eigenvalue weighted by molar-refractivity contribution is 4.98. The molecule has 0 saturated heterocycles. The molecule has 0 radical (unpaired) electrons. The van der Waals surface area contributed by atoms with E-state index in [4.69, 9.17) is 0 Å². The van der Waals surface area contributed by atoms with Crippen LogP contribution in [0.15, 0.2) is 24.4 Å². The topological polar surface area (TPSA) is 29.9 Å². The van der Waals surface area contributed by atoms with Gasteiger partial charge in [0.25, 0.3) is 0 Å². The van der Waals surface area contributed by atoms with Crippen molar-refractivity contribution in [2.75, 3.05) is 6.54 Å². The molecule has 0 atom stereocenters. The Morgan fingerprint density at radius 1 is 1.69 bits per heavy atom. The van der Waals surface area contributed by atoms with Crippen LogP contribution in [0, 0.1) is 0 Å². The van der Waals surface area contributed by atoms with Crippen molar-refractivity contribution in [3.05, 3.63) is 30.1 Å². The average Bonchev–Trinajstić information content (AvgIpc) is 2.45. The van der Waals surface area contributed by atoms with Gasteiger partial charge < -0.3 is 5.32 Å². The minimum atomic E-state index is 0.841. The third kappa shape index (κ3) is 3.90. The molecule has 1 aromatic rings. The summed E-state index contributed by atoms with van der Waals surface area (Å²) in [4.78, 5) is 0. The first-order valence-corrected chi connectivity index (χ1v) is 4.52. The van der Waals surface area contributed by atoms with Crippen molar-refractivity contribution in [2.24, 2.45) is 7.05 Å². The second kappa shape index (κ2) is 4.82.